The van der Waals surface area contributed by atoms with Gasteiger partial charge >= 0.3 is 0 Å². The number of fused-ring (bicyclic) bond motifs is 1. The first-order valence-corrected chi connectivity index (χ1v) is 7.37. The van der Waals surface area contributed by atoms with E-state index >= 15 is 0 Å². The highest BCUT2D eigenvalue weighted by molar-refractivity contribution is 6.35. The molecule has 1 N–H and O–H groups in total. The summed E-state index contributed by atoms with van der Waals surface area (Å²) in [6.07, 6.45) is 3.18. The summed E-state index contributed by atoms with van der Waals surface area (Å²) in [6.45, 7) is 7.42. The summed E-state index contributed by atoms with van der Waals surface area (Å²) in [6, 6.07) is 6.17. The van der Waals surface area contributed by atoms with Gasteiger partial charge in [0.2, 0.25) is 0 Å². The fourth-order valence-corrected chi connectivity index (χ4v) is 2.51. The van der Waals surface area contributed by atoms with E-state index in [4.69, 9.17) is 16.6 Å². The molecule has 1 heterocycles. The predicted octanol–water partition coefficient (Wildman–Crippen LogP) is 4.97. The molecule has 0 aliphatic rings. The smallest absolute Gasteiger partial charge is 0.0914 e. The summed E-state index contributed by atoms with van der Waals surface area (Å²) in [4.78, 5) is 4.72. The predicted molar refractivity (Wildman–Crippen MR) is 84.3 cm³/mol. The Morgan fingerprint density at radius 3 is 2.68 bits per heavy atom. The highest BCUT2D eigenvalue weighted by atomic mass is 35.5. The number of halogens is 1. The van der Waals surface area contributed by atoms with Crippen LogP contribution in [0.2, 0.25) is 5.02 Å². The monoisotopic (exact) mass is 276 g/mol. The number of aryl methyl sites for hydroxylation is 2. The zero-order valence-electron chi connectivity index (χ0n) is 11.9. The Hall–Kier alpha value is -1.28. The Morgan fingerprint density at radius 1 is 1.21 bits per heavy atom. The van der Waals surface area contributed by atoms with E-state index in [2.05, 4.69) is 38.2 Å². The van der Waals surface area contributed by atoms with Gasteiger partial charge < -0.3 is 5.32 Å². The number of hydrogen-bond acceptors (Lipinski definition) is 2. The first-order valence-electron chi connectivity index (χ1n) is 7.00. The minimum Gasteiger partial charge on any atom is -0.384 e. The molecule has 0 spiro atoms. The molecule has 3 heteroatoms. The topological polar surface area (TPSA) is 24.9 Å². The van der Waals surface area contributed by atoms with Crippen molar-refractivity contribution in [2.75, 3.05) is 11.9 Å². The lowest BCUT2D eigenvalue weighted by Crippen LogP contribution is -2.03. The number of benzene rings is 1. The van der Waals surface area contributed by atoms with E-state index in [1.54, 1.807) is 0 Å². The van der Waals surface area contributed by atoms with Crippen LogP contribution in [0.15, 0.2) is 18.2 Å². The van der Waals surface area contributed by atoms with E-state index in [-0.39, 0.29) is 0 Å². The van der Waals surface area contributed by atoms with E-state index < -0.39 is 0 Å². The second-order valence-corrected chi connectivity index (χ2v) is 5.33. The van der Waals surface area contributed by atoms with Crippen LogP contribution < -0.4 is 5.32 Å². The van der Waals surface area contributed by atoms with Gasteiger partial charge in [-0.2, -0.15) is 0 Å². The van der Waals surface area contributed by atoms with Crippen molar-refractivity contribution in [2.24, 2.45) is 0 Å². The Labute approximate surface area is 120 Å². The van der Waals surface area contributed by atoms with E-state index in [0.717, 1.165) is 53.1 Å². The Morgan fingerprint density at radius 2 is 2.00 bits per heavy atom. The lowest BCUT2D eigenvalue weighted by atomic mass is 10.1. The molecule has 0 atom stereocenters. The highest BCUT2D eigenvalue weighted by Gasteiger charge is 2.10. The second kappa shape index (κ2) is 6.25. The van der Waals surface area contributed by atoms with Gasteiger partial charge in [-0.1, -0.05) is 37.9 Å². The Kier molecular flexibility index (Phi) is 4.65. The Bertz CT molecular complexity index is 578. The van der Waals surface area contributed by atoms with Crippen LogP contribution in [0.1, 0.15) is 37.9 Å². The molecule has 0 unspecified atom stereocenters. The minimum atomic E-state index is 0.734. The van der Waals surface area contributed by atoms with Gasteiger partial charge in [0.1, 0.15) is 0 Å². The van der Waals surface area contributed by atoms with Crippen molar-refractivity contribution in [1.82, 2.24) is 4.98 Å². The molecule has 0 aliphatic carbocycles. The molecule has 1 aromatic heterocycles. The van der Waals surface area contributed by atoms with Gasteiger partial charge in [-0.25, -0.2) is 0 Å². The molecule has 0 amide bonds. The average Bonchev–Trinajstić information content (AvgIpc) is 2.40. The number of aromatic nitrogens is 1. The molecular formula is C16H21ClN2. The Balaban J connectivity index is 2.63. The van der Waals surface area contributed by atoms with Gasteiger partial charge in [-0.05, 0) is 37.5 Å². The quantitative estimate of drug-likeness (QED) is 0.834. The molecule has 1 aromatic carbocycles. The summed E-state index contributed by atoms with van der Waals surface area (Å²) in [7, 11) is 0. The van der Waals surface area contributed by atoms with Crippen molar-refractivity contribution in [3.05, 3.63) is 34.5 Å². The highest BCUT2D eigenvalue weighted by Crippen LogP contribution is 2.31. The molecule has 102 valence electrons. The summed E-state index contributed by atoms with van der Waals surface area (Å²) in [5.41, 5.74) is 4.41. The van der Waals surface area contributed by atoms with Gasteiger partial charge in [-0.15, -0.1) is 0 Å². The molecular weight excluding hydrogens is 256 g/mol. The summed E-state index contributed by atoms with van der Waals surface area (Å²) in [5, 5.41) is 5.39. The minimum absolute atomic E-state index is 0.734. The van der Waals surface area contributed by atoms with Crippen molar-refractivity contribution < 1.29 is 0 Å². The van der Waals surface area contributed by atoms with Crippen molar-refractivity contribution in [1.29, 1.82) is 0 Å². The number of anilines is 1. The maximum absolute atomic E-state index is 6.32. The SMILES string of the molecule is CCCNc1cc(CCC)nc2c(Cl)ccc(C)c12. The van der Waals surface area contributed by atoms with Gasteiger partial charge in [0.15, 0.2) is 0 Å². The van der Waals surface area contributed by atoms with Crippen LogP contribution in [0.4, 0.5) is 5.69 Å². The molecule has 19 heavy (non-hydrogen) atoms. The number of nitrogens with zero attached hydrogens (tertiary/aromatic N) is 1. The first-order chi connectivity index (χ1) is 9.17. The normalized spacial score (nSPS) is 10.9. The third kappa shape index (κ3) is 3.01. The molecule has 0 radical (unpaired) electrons. The van der Waals surface area contributed by atoms with Gasteiger partial charge in [0.25, 0.3) is 0 Å². The van der Waals surface area contributed by atoms with Crippen LogP contribution >= 0.6 is 11.6 Å². The molecule has 0 aliphatic heterocycles. The molecule has 2 nitrogen and oxygen atoms in total. The van der Waals surface area contributed by atoms with Crippen LogP contribution in [0, 0.1) is 6.92 Å². The number of nitrogens with one attached hydrogen (secondary N) is 1. The third-order valence-electron chi connectivity index (χ3n) is 3.24. The molecule has 2 rings (SSSR count). The largest absolute Gasteiger partial charge is 0.384 e. The molecule has 2 aromatic rings. The summed E-state index contributed by atoms with van der Waals surface area (Å²) in [5.74, 6) is 0. The standard InChI is InChI=1S/C16H21ClN2/c1-4-6-12-10-14(18-9-5-2)15-11(3)7-8-13(17)16(15)19-12/h7-8,10H,4-6,9H2,1-3H3,(H,18,19). The molecule has 0 bridgehead atoms. The van der Waals surface area contributed by atoms with Crippen LogP contribution in [0.3, 0.4) is 0 Å². The number of hydrogen-bond donors (Lipinski definition) is 1. The maximum atomic E-state index is 6.32. The van der Waals surface area contributed by atoms with Crippen molar-refractivity contribution in [3.63, 3.8) is 0 Å². The van der Waals surface area contributed by atoms with E-state index in [1.165, 1.54) is 5.56 Å². The zero-order valence-corrected chi connectivity index (χ0v) is 12.6. The molecule has 0 saturated heterocycles. The van der Waals surface area contributed by atoms with Crippen molar-refractivity contribution >= 4 is 28.2 Å². The van der Waals surface area contributed by atoms with E-state index in [1.807, 2.05) is 6.07 Å². The lowest BCUT2D eigenvalue weighted by Gasteiger charge is -2.14. The van der Waals surface area contributed by atoms with Gasteiger partial charge in [0.05, 0.1) is 10.5 Å². The van der Waals surface area contributed by atoms with Crippen LogP contribution in [0.5, 0.6) is 0 Å². The van der Waals surface area contributed by atoms with E-state index in [9.17, 15) is 0 Å². The summed E-state index contributed by atoms with van der Waals surface area (Å²) >= 11 is 6.32. The second-order valence-electron chi connectivity index (χ2n) is 4.93. The lowest BCUT2D eigenvalue weighted by molar-refractivity contribution is 0.888. The fourth-order valence-electron chi connectivity index (χ4n) is 2.31. The van der Waals surface area contributed by atoms with Gasteiger partial charge in [-0.3, -0.25) is 4.98 Å². The van der Waals surface area contributed by atoms with Gasteiger partial charge in [0, 0.05) is 23.3 Å². The zero-order chi connectivity index (χ0) is 13.8. The molecule has 0 saturated carbocycles. The van der Waals surface area contributed by atoms with Crippen LogP contribution in [-0.4, -0.2) is 11.5 Å². The van der Waals surface area contributed by atoms with Crippen molar-refractivity contribution in [2.45, 2.75) is 40.0 Å². The van der Waals surface area contributed by atoms with Crippen LogP contribution in [-0.2, 0) is 6.42 Å². The third-order valence-corrected chi connectivity index (χ3v) is 3.55. The average molecular weight is 277 g/mol. The maximum Gasteiger partial charge on any atom is 0.0914 e. The molecule has 0 fully saturated rings. The number of pyridine rings is 1. The first kappa shape index (κ1) is 14.1. The summed E-state index contributed by atoms with van der Waals surface area (Å²) < 4.78 is 0. The number of rotatable bonds is 5. The fraction of sp³-hybridized carbons (Fsp3) is 0.438. The van der Waals surface area contributed by atoms with Crippen LogP contribution in [0.25, 0.3) is 10.9 Å². The van der Waals surface area contributed by atoms with Crippen molar-refractivity contribution in [3.8, 4) is 0 Å². The van der Waals surface area contributed by atoms with E-state index in [0.29, 0.717) is 0 Å².